The molecule has 2 atom stereocenters. The average molecular weight is 763 g/mol. The molecule has 278 valence electrons. The zero-order valence-corrected chi connectivity index (χ0v) is 30.2. The lowest BCUT2D eigenvalue weighted by molar-refractivity contribution is -0.175. The maximum absolute atomic E-state index is 14.2. The first kappa shape index (κ1) is 40.0. The molecule has 0 aliphatic heterocycles. The summed E-state index contributed by atoms with van der Waals surface area (Å²) in [5, 5.41) is 5.14. The van der Waals surface area contributed by atoms with E-state index in [0.717, 1.165) is 11.1 Å². The molecule has 52 heavy (non-hydrogen) atoms. The molecule has 0 spiro atoms. The Morgan fingerprint density at radius 1 is 0.769 bits per heavy atom. The number of carbonyl (C=O) groups excluding carboxylic acids is 5. The number of halogens is 4. The number of amides is 4. The van der Waals surface area contributed by atoms with Crippen LogP contribution in [0, 0.1) is 11.8 Å². The SMILES string of the molecule is CC(C)C(NC(=O)CN(C(=O)[C@@H](NC(=O)c1ccc(C(=O)NS(=O)(=O)c2ccc(Cl)cc2)cc1)C(C)C)C1Cc2ccccc2C1)C(=O)C(F)(F)F. The van der Waals surface area contributed by atoms with Crippen molar-refractivity contribution >= 4 is 51.0 Å². The third-order valence-corrected chi connectivity index (χ3v) is 10.2. The number of ketones is 1. The maximum Gasteiger partial charge on any atom is 0.452 e. The van der Waals surface area contributed by atoms with E-state index < -0.39 is 82.1 Å². The first-order chi connectivity index (χ1) is 24.3. The van der Waals surface area contributed by atoms with Gasteiger partial charge in [0, 0.05) is 22.2 Å². The Morgan fingerprint density at radius 2 is 1.27 bits per heavy atom. The number of alkyl halides is 3. The van der Waals surface area contributed by atoms with Crippen LogP contribution in [0.1, 0.15) is 59.5 Å². The molecule has 3 aromatic rings. The zero-order chi connectivity index (χ0) is 38.5. The molecule has 0 aromatic heterocycles. The predicted molar refractivity (Wildman–Crippen MR) is 186 cm³/mol. The number of Topliss-reactive ketones (excluding diaryl/α,β-unsaturated/α-hetero) is 1. The molecule has 0 radical (unpaired) electrons. The number of hydrogen-bond acceptors (Lipinski definition) is 7. The molecule has 4 rings (SSSR count). The molecule has 11 nitrogen and oxygen atoms in total. The minimum absolute atomic E-state index is 0.0264. The molecule has 0 saturated carbocycles. The van der Waals surface area contributed by atoms with Gasteiger partial charge in [0.25, 0.3) is 27.6 Å². The number of sulfonamides is 1. The lowest BCUT2D eigenvalue weighted by Gasteiger charge is -2.34. The molecule has 1 unspecified atom stereocenters. The Bertz CT molecular complexity index is 1910. The summed E-state index contributed by atoms with van der Waals surface area (Å²) in [6.07, 6.45) is -4.49. The molecule has 1 aliphatic carbocycles. The third-order valence-electron chi connectivity index (χ3n) is 8.59. The fraction of sp³-hybridized carbons (Fsp3) is 0.361. The van der Waals surface area contributed by atoms with Crippen LogP contribution in [0.4, 0.5) is 13.2 Å². The fourth-order valence-corrected chi connectivity index (χ4v) is 6.87. The molecule has 4 amide bonds. The number of nitrogens with one attached hydrogen (secondary N) is 3. The largest absolute Gasteiger partial charge is 0.452 e. The predicted octanol–water partition coefficient (Wildman–Crippen LogP) is 4.48. The highest BCUT2D eigenvalue weighted by Crippen LogP contribution is 2.27. The minimum Gasteiger partial charge on any atom is -0.344 e. The average Bonchev–Trinajstić information content (AvgIpc) is 3.51. The van der Waals surface area contributed by atoms with Gasteiger partial charge in [0.05, 0.1) is 17.5 Å². The van der Waals surface area contributed by atoms with Crippen molar-refractivity contribution in [2.24, 2.45) is 11.8 Å². The molecule has 0 fully saturated rings. The lowest BCUT2D eigenvalue weighted by Crippen LogP contribution is -2.58. The second kappa shape index (κ2) is 16.3. The van der Waals surface area contributed by atoms with Gasteiger partial charge in [-0.15, -0.1) is 0 Å². The summed E-state index contributed by atoms with van der Waals surface area (Å²) in [6, 6.07) is 13.9. The summed E-state index contributed by atoms with van der Waals surface area (Å²) in [5.41, 5.74) is 1.80. The molecular weight excluding hydrogens is 725 g/mol. The van der Waals surface area contributed by atoms with Crippen molar-refractivity contribution < 1.29 is 45.6 Å². The molecular formula is C36H38ClF3N4O7S. The zero-order valence-electron chi connectivity index (χ0n) is 28.7. The summed E-state index contributed by atoms with van der Waals surface area (Å²) in [7, 11) is -4.22. The molecule has 0 saturated heterocycles. The molecule has 1 aliphatic rings. The van der Waals surface area contributed by atoms with Gasteiger partial charge < -0.3 is 15.5 Å². The van der Waals surface area contributed by atoms with Crippen LogP contribution in [-0.2, 0) is 37.2 Å². The normalized spacial score (nSPS) is 14.3. The fourth-order valence-electron chi connectivity index (χ4n) is 5.77. The summed E-state index contributed by atoms with van der Waals surface area (Å²) in [6.45, 7) is 5.37. The van der Waals surface area contributed by atoms with Crippen molar-refractivity contribution in [3.05, 3.63) is 100 Å². The van der Waals surface area contributed by atoms with E-state index in [2.05, 4.69) is 10.6 Å². The Morgan fingerprint density at radius 3 is 1.75 bits per heavy atom. The Hall–Kier alpha value is -4.76. The van der Waals surface area contributed by atoms with Crippen LogP contribution in [0.3, 0.4) is 0 Å². The standard InChI is InChI=1S/C36H38ClF3N4O7S/c1-20(2)30(32(46)36(38,39)40)41-29(45)19-44(27-17-24-7-5-6-8-25(24)18-27)35(49)31(21(3)4)42-33(47)22-9-11-23(12-10-22)34(48)43-52(50,51)28-15-13-26(37)14-16-28/h5-16,20-21,27,30-31H,17-19H2,1-4H3,(H,41,45)(H,42,47)(H,43,48)/t30?,31-/m0/s1. The smallest absolute Gasteiger partial charge is 0.344 e. The summed E-state index contributed by atoms with van der Waals surface area (Å²) in [4.78, 5) is 66.7. The van der Waals surface area contributed by atoms with Crippen LogP contribution in [0.5, 0.6) is 0 Å². The van der Waals surface area contributed by atoms with E-state index in [0.29, 0.717) is 17.9 Å². The number of carbonyl (C=O) groups is 5. The van der Waals surface area contributed by atoms with Gasteiger partial charge in [-0.25, -0.2) is 13.1 Å². The second-order valence-electron chi connectivity index (χ2n) is 13.1. The van der Waals surface area contributed by atoms with Gasteiger partial charge in [-0.1, -0.05) is 63.6 Å². The van der Waals surface area contributed by atoms with Crippen LogP contribution in [-0.4, -0.2) is 73.6 Å². The minimum atomic E-state index is -5.19. The van der Waals surface area contributed by atoms with E-state index in [1.54, 1.807) is 13.8 Å². The van der Waals surface area contributed by atoms with Crippen molar-refractivity contribution in [3.8, 4) is 0 Å². The Labute approximate surface area is 304 Å². The van der Waals surface area contributed by atoms with Gasteiger partial charge in [-0.2, -0.15) is 13.2 Å². The highest BCUT2D eigenvalue weighted by Gasteiger charge is 2.45. The molecule has 0 bridgehead atoms. The number of nitrogens with zero attached hydrogens (tertiary/aromatic N) is 1. The number of fused-ring (bicyclic) bond motifs is 1. The van der Waals surface area contributed by atoms with E-state index in [9.17, 15) is 45.6 Å². The topological polar surface area (TPSA) is 159 Å². The number of hydrogen-bond donors (Lipinski definition) is 3. The van der Waals surface area contributed by atoms with Gasteiger partial charge in [0.15, 0.2) is 0 Å². The maximum atomic E-state index is 14.2. The Balaban J connectivity index is 1.52. The molecule has 0 heterocycles. The third kappa shape index (κ3) is 9.76. The molecule has 16 heteroatoms. The second-order valence-corrected chi connectivity index (χ2v) is 15.2. The monoisotopic (exact) mass is 762 g/mol. The summed E-state index contributed by atoms with van der Waals surface area (Å²) < 4.78 is 67.1. The van der Waals surface area contributed by atoms with Gasteiger partial charge in [-0.05, 0) is 84.3 Å². The quantitative estimate of drug-likeness (QED) is 0.232. The van der Waals surface area contributed by atoms with Crippen LogP contribution >= 0.6 is 11.6 Å². The van der Waals surface area contributed by atoms with E-state index >= 15 is 0 Å². The van der Waals surface area contributed by atoms with Gasteiger partial charge >= 0.3 is 6.18 Å². The van der Waals surface area contributed by atoms with Crippen molar-refractivity contribution in [2.75, 3.05) is 6.54 Å². The van der Waals surface area contributed by atoms with Gasteiger partial charge in [0.2, 0.25) is 11.8 Å². The van der Waals surface area contributed by atoms with Crippen molar-refractivity contribution in [2.45, 2.75) is 69.7 Å². The Kier molecular flexibility index (Phi) is 12.5. The first-order valence-corrected chi connectivity index (χ1v) is 18.2. The molecule has 3 aromatic carbocycles. The van der Waals surface area contributed by atoms with E-state index in [1.165, 1.54) is 67.3 Å². The van der Waals surface area contributed by atoms with Crippen LogP contribution in [0.15, 0.2) is 77.7 Å². The van der Waals surface area contributed by atoms with Crippen LogP contribution < -0.4 is 15.4 Å². The van der Waals surface area contributed by atoms with E-state index in [1.807, 2.05) is 29.0 Å². The van der Waals surface area contributed by atoms with Gasteiger partial charge in [0.1, 0.15) is 6.04 Å². The molecule has 3 N–H and O–H groups in total. The lowest BCUT2D eigenvalue weighted by atomic mass is 9.98. The highest BCUT2D eigenvalue weighted by atomic mass is 35.5. The van der Waals surface area contributed by atoms with Gasteiger partial charge in [-0.3, -0.25) is 24.0 Å². The van der Waals surface area contributed by atoms with Crippen molar-refractivity contribution in [1.29, 1.82) is 0 Å². The van der Waals surface area contributed by atoms with E-state index in [-0.39, 0.29) is 16.0 Å². The van der Waals surface area contributed by atoms with Crippen molar-refractivity contribution in [1.82, 2.24) is 20.3 Å². The van der Waals surface area contributed by atoms with Crippen LogP contribution in [0.25, 0.3) is 0 Å². The van der Waals surface area contributed by atoms with E-state index in [4.69, 9.17) is 11.6 Å². The summed E-state index contributed by atoms with van der Waals surface area (Å²) >= 11 is 5.81. The van der Waals surface area contributed by atoms with Crippen LogP contribution in [0.2, 0.25) is 5.02 Å². The number of rotatable bonds is 13. The highest BCUT2D eigenvalue weighted by molar-refractivity contribution is 7.90. The van der Waals surface area contributed by atoms with Crippen molar-refractivity contribution in [3.63, 3.8) is 0 Å². The summed E-state index contributed by atoms with van der Waals surface area (Å²) in [5.74, 6) is -6.84. The first-order valence-electron chi connectivity index (χ1n) is 16.3. The number of benzene rings is 3.